The smallest absolute Gasteiger partial charge is 0.430 e. The lowest BCUT2D eigenvalue weighted by Gasteiger charge is -2.46. The van der Waals surface area contributed by atoms with E-state index in [2.05, 4.69) is 12.4 Å². The number of hydrogen-bond acceptors (Lipinski definition) is 11. The maximum Gasteiger partial charge on any atom is 0.430 e. The molecule has 0 radical (unpaired) electrons. The number of halogens is 3. The first-order valence-corrected chi connectivity index (χ1v) is 19.7. The number of piperidine rings is 1. The lowest BCUT2D eigenvalue weighted by atomic mass is 9.96. The number of phenolic OH excluding ortho intramolecular Hbond substituents is 1. The fourth-order valence-corrected chi connectivity index (χ4v) is 8.83. The molecular weight excluding hydrogens is 794 g/mol. The normalized spacial score (nSPS) is 17.3. The average Bonchev–Trinajstić information content (AvgIpc) is 3.59. The third-order valence-corrected chi connectivity index (χ3v) is 11.6. The predicted octanol–water partition coefficient (Wildman–Crippen LogP) is 4.59. The van der Waals surface area contributed by atoms with Gasteiger partial charge < -0.3 is 49.1 Å². The van der Waals surface area contributed by atoms with E-state index in [0.717, 1.165) is 24.1 Å². The van der Waals surface area contributed by atoms with Crippen molar-refractivity contribution >= 4 is 45.0 Å². The number of carboxylic acid groups (broad SMARTS) is 1. The number of aliphatic carboxylic acids is 1. The monoisotopic (exact) mass is 836 g/mol. The standard InChI is InChI=1S/C36H42N4O8S2.C2HF3O2/c1-24-22-49-23-34(24)50(44,45)48-30-14-10-27(11-15-30)38-36(43)39(31(35(37)42)18-25-7-12-29(41)13-8-25)28-6-5-17-40(2,21-28)20-26-9-16-32(46-3)33(19-26)47-4;3-2(4,5)1(6)7/h7-16,19,22-23,28,31H,5-6,17-18,20-21H2,1-4H3,(H3-,37,38,41,42,43);(H,6,7)/t28-,31-,40?;/m0./s1. The van der Waals surface area contributed by atoms with Gasteiger partial charge in [0.25, 0.3) is 0 Å². The third kappa shape index (κ3) is 12.0. The zero-order valence-corrected chi connectivity index (χ0v) is 33.1. The number of likely N-dealkylation sites (tertiary alicyclic amines) is 1. The minimum Gasteiger partial charge on any atom is -0.542 e. The van der Waals surface area contributed by atoms with E-state index in [4.69, 9.17) is 29.3 Å². The van der Waals surface area contributed by atoms with Crippen LogP contribution in [0.4, 0.5) is 23.7 Å². The van der Waals surface area contributed by atoms with Crippen molar-refractivity contribution in [1.29, 1.82) is 0 Å². The number of primary amides is 1. The van der Waals surface area contributed by atoms with Crippen LogP contribution in [0.5, 0.6) is 23.0 Å². The number of thiophene rings is 1. The van der Waals surface area contributed by atoms with Gasteiger partial charge in [-0.3, -0.25) is 4.79 Å². The predicted molar refractivity (Wildman–Crippen MR) is 202 cm³/mol. The number of carbonyl (C=O) groups is 3. The summed E-state index contributed by atoms with van der Waals surface area (Å²) in [7, 11) is 1.29. The summed E-state index contributed by atoms with van der Waals surface area (Å²) < 4.78 is 74.0. The highest BCUT2D eigenvalue weighted by Gasteiger charge is 2.41. The summed E-state index contributed by atoms with van der Waals surface area (Å²) in [5.41, 5.74) is 8.76. The Morgan fingerprint density at radius 2 is 1.63 bits per heavy atom. The number of phenols is 1. The molecule has 1 saturated heterocycles. The summed E-state index contributed by atoms with van der Waals surface area (Å²) >= 11 is 1.27. The number of quaternary nitrogens is 1. The second-order valence-electron chi connectivity index (χ2n) is 13.6. The van der Waals surface area contributed by atoms with E-state index < -0.39 is 40.2 Å². The highest BCUT2D eigenvalue weighted by atomic mass is 32.2. The minimum absolute atomic E-state index is 0.0835. The van der Waals surface area contributed by atoms with Crippen LogP contribution >= 0.6 is 11.3 Å². The number of nitrogens with two attached hydrogens (primary N) is 1. The number of aryl methyl sites for hydroxylation is 1. The van der Waals surface area contributed by atoms with Crippen LogP contribution in [0.25, 0.3) is 0 Å². The van der Waals surface area contributed by atoms with Crippen LogP contribution < -0.4 is 29.8 Å². The molecule has 3 aromatic carbocycles. The van der Waals surface area contributed by atoms with Gasteiger partial charge in [0.1, 0.15) is 35.0 Å². The van der Waals surface area contributed by atoms with E-state index in [1.807, 2.05) is 18.2 Å². The number of urea groups is 1. The number of carboxylic acids is 1. The first-order valence-electron chi connectivity index (χ1n) is 17.3. The maximum absolute atomic E-state index is 14.2. The molecule has 0 aliphatic carbocycles. The van der Waals surface area contributed by atoms with Gasteiger partial charge in [-0.1, -0.05) is 12.1 Å². The van der Waals surface area contributed by atoms with Crippen LogP contribution in [0.2, 0.25) is 0 Å². The van der Waals surface area contributed by atoms with Gasteiger partial charge in [0, 0.05) is 23.1 Å². The van der Waals surface area contributed by atoms with E-state index in [0.29, 0.717) is 46.7 Å². The number of likely N-dealkylation sites (N-methyl/N-ethyl adjacent to an activating group) is 1. The Labute approximate surface area is 331 Å². The molecule has 14 nitrogen and oxygen atoms in total. The molecule has 1 aliphatic rings. The second-order valence-corrected chi connectivity index (χ2v) is 15.8. The first kappa shape index (κ1) is 44.2. The number of carbonyl (C=O) groups excluding carboxylic acids is 3. The van der Waals surface area contributed by atoms with Crippen LogP contribution in [-0.4, -0.2) is 93.4 Å². The van der Waals surface area contributed by atoms with Crippen LogP contribution in [-0.2, 0) is 32.7 Å². The number of nitrogens with one attached hydrogen (secondary N) is 1. The zero-order valence-electron chi connectivity index (χ0n) is 31.4. The zero-order chi connectivity index (χ0) is 42.1. The molecule has 0 spiro atoms. The molecule has 2 heterocycles. The molecule has 1 aliphatic heterocycles. The fourth-order valence-electron chi connectivity index (χ4n) is 6.50. The number of methoxy groups -OCH3 is 2. The van der Waals surface area contributed by atoms with Gasteiger partial charge in [0.05, 0.1) is 40.4 Å². The molecule has 3 atom stereocenters. The topological polar surface area (TPSA) is 198 Å². The van der Waals surface area contributed by atoms with E-state index in [1.54, 1.807) is 55.7 Å². The van der Waals surface area contributed by atoms with Gasteiger partial charge >= 0.3 is 22.3 Å². The molecule has 4 N–H and O–H groups in total. The molecule has 308 valence electrons. The van der Waals surface area contributed by atoms with Crippen LogP contribution in [0.15, 0.2) is 82.4 Å². The van der Waals surface area contributed by atoms with E-state index in [1.165, 1.54) is 41.0 Å². The Kier molecular flexibility index (Phi) is 14.4. The number of hydrogen-bond donors (Lipinski definition) is 3. The van der Waals surface area contributed by atoms with Crippen molar-refractivity contribution in [2.24, 2.45) is 5.73 Å². The van der Waals surface area contributed by atoms with E-state index in [-0.39, 0.29) is 28.9 Å². The largest absolute Gasteiger partial charge is 0.542 e. The summed E-state index contributed by atoms with van der Waals surface area (Å²) in [5, 5.41) is 24.8. The molecule has 3 amide bonds. The highest BCUT2D eigenvalue weighted by molar-refractivity contribution is 7.87. The molecule has 19 heteroatoms. The molecule has 1 unspecified atom stereocenters. The number of alkyl halides is 3. The highest BCUT2D eigenvalue weighted by Crippen LogP contribution is 2.32. The van der Waals surface area contributed by atoms with Gasteiger partial charge in [-0.15, -0.1) is 0 Å². The summed E-state index contributed by atoms with van der Waals surface area (Å²) in [4.78, 5) is 37.8. The summed E-state index contributed by atoms with van der Waals surface area (Å²) in [6, 6.07) is 16.4. The number of rotatable bonds is 13. The molecule has 1 aromatic heterocycles. The number of benzene rings is 3. The lowest BCUT2D eigenvalue weighted by Crippen LogP contribution is -2.62. The Bertz CT molecular complexity index is 2130. The Morgan fingerprint density at radius 3 is 2.18 bits per heavy atom. The average molecular weight is 837 g/mol. The van der Waals surface area contributed by atoms with Crippen molar-refractivity contribution in [2.75, 3.05) is 39.7 Å². The van der Waals surface area contributed by atoms with Crippen molar-refractivity contribution < 1.29 is 64.3 Å². The van der Waals surface area contributed by atoms with Crippen LogP contribution in [0.3, 0.4) is 0 Å². The van der Waals surface area contributed by atoms with Crippen molar-refractivity contribution in [3.63, 3.8) is 0 Å². The number of ether oxygens (including phenoxy) is 2. The molecule has 0 saturated carbocycles. The van der Waals surface area contributed by atoms with Crippen molar-refractivity contribution in [3.05, 3.63) is 94.2 Å². The molecule has 5 rings (SSSR count). The van der Waals surface area contributed by atoms with Crippen LogP contribution in [0, 0.1) is 6.92 Å². The van der Waals surface area contributed by atoms with Crippen molar-refractivity contribution in [1.82, 2.24) is 4.90 Å². The third-order valence-electron chi connectivity index (χ3n) is 9.18. The quantitative estimate of drug-likeness (QED) is 0.127. The number of anilines is 1. The fraction of sp³-hybridized carbons (Fsp3) is 0.342. The van der Waals surface area contributed by atoms with Gasteiger partial charge in [-0.2, -0.15) is 32.9 Å². The van der Waals surface area contributed by atoms with E-state index in [9.17, 15) is 36.3 Å². The second kappa shape index (κ2) is 18.6. The molecule has 1 fully saturated rings. The number of nitrogens with zero attached hydrogens (tertiary/aromatic N) is 2. The molecule has 57 heavy (non-hydrogen) atoms. The van der Waals surface area contributed by atoms with Gasteiger partial charge in [-0.05, 0) is 90.9 Å². The SMILES string of the molecule is COc1ccc(C[N+]2(C)CCC[C@H](N(C(=O)Nc3ccc(OS(=O)(=O)c4cscc4C)cc3)[C@@H](Cc3ccc(O)cc3)C(N)=O)C2)cc1OC.O=C([O-])C(F)(F)F. The summed E-state index contributed by atoms with van der Waals surface area (Å²) in [6.45, 7) is 3.76. The number of amides is 3. The van der Waals surface area contributed by atoms with Crippen molar-refractivity contribution in [2.45, 2.75) is 55.9 Å². The number of aromatic hydroxyl groups is 1. The molecule has 0 bridgehead atoms. The van der Waals surface area contributed by atoms with Gasteiger partial charge in [-0.25, -0.2) is 4.79 Å². The lowest BCUT2D eigenvalue weighted by molar-refractivity contribution is -0.928. The Morgan fingerprint density at radius 1 is 1.02 bits per heavy atom. The van der Waals surface area contributed by atoms with E-state index >= 15 is 0 Å². The van der Waals surface area contributed by atoms with Gasteiger partial charge in [0.2, 0.25) is 5.91 Å². The Hall–Kier alpha value is -5.53. The van der Waals surface area contributed by atoms with Gasteiger partial charge in [0.15, 0.2) is 11.5 Å². The van der Waals surface area contributed by atoms with Crippen LogP contribution in [0.1, 0.15) is 29.5 Å². The Balaban J connectivity index is 0.000000940. The first-order chi connectivity index (χ1) is 26.7. The molecular formula is C38H43F3N4O10S2. The summed E-state index contributed by atoms with van der Waals surface area (Å²) in [5.74, 6) is -2.23. The minimum atomic E-state index is -5.19. The molecule has 4 aromatic rings. The van der Waals surface area contributed by atoms with Crippen molar-refractivity contribution in [3.8, 4) is 23.0 Å². The maximum atomic E-state index is 14.2. The summed E-state index contributed by atoms with van der Waals surface area (Å²) in [6.07, 6.45) is -3.60.